The van der Waals surface area contributed by atoms with Gasteiger partial charge < -0.3 is 10.3 Å². The molecule has 7 heteroatoms. The molecular weight excluding hydrogens is 321 g/mol. The zero-order chi connectivity index (χ0) is 17.3. The number of carbonyl (C=O) groups is 1. The lowest BCUT2D eigenvalue weighted by molar-refractivity contribution is -0.183. The molecule has 1 fully saturated rings. The topological polar surface area (TPSA) is 62.0 Å². The molecular formula is C17H17F3N2O2. The summed E-state index contributed by atoms with van der Waals surface area (Å²) in [4.78, 5) is 26.8. The SMILES string of the molecule is O=C(N[C@@H]1CCC[C@@H](C(F)(F)F)C1)c1cc2ccccc2c(=O)[nH]1. The summed E-state index contributed by atoms with van der Waals surface area (Å²) in [5.74, 6) is -1.93. The van der Waals surface area contributed by atoms with Crippen molar-refractivity contribution in [2.75, 3.05) is 0 Å². The molecule has 0 aliphatic heterocycles. The summed E-state index contributed by atoms with van der Waals surface area (Å²) >= 11 is 0. The van der Waals surface area contributed by atoms with E-state index in [1.807, 2.05) is 0 Å². The van der Waals surface area contributed by atoms with Crippen LogP contribution in [0.1, 0.15) is 36.2 Å². The van der Waals surface area contributed by atoms with E-state index in [1.165, 1.54) is 6.07 Å². The Morgan fingerprint density at radius 1 is 1.21 bits per heavy atom. The Bertz CT molecular complexity index is 813. The molecule has 2 N–H and O–H groups in total. The van der Waals surface area contributed by atoms with Crippen LogP contribution in [-0.2, 0) is 0 Å². The summed E-state index contributed by atoms with van der Waals surface area (Å²) < 4.78 is 38.5. The highest BCUT2D eigenvalue weighted by molar-refractivity contribution is 5.96. The van der Waals surface area contributed by atoms with Gasteiger partial charge in [-0.25, -0.2) is 0 Å². The molecule has 0 saturated heterocycles. The molecule has 1 aromatic heterocycles. The van der Waals surface area contributed by atoms with E-state index in [0.717, 1.165) is 0 Å². The Balaban J connectivity index is 1.77. The van der Waals surface area contributed by atoms with Gasteiger partial charge >= 0.3 is 6.18 Å². The number of fused-ring (bicyclic) bond motifs is 1. The molecule has 24 heavy (non-hydrogen) atoms. The molecule has 0 spiro atoms. The lowest BCUT2D eigenvalue weighted by Crippen LogP contribution is -2.42. The fourth-order valence-electron chi connectivity index (χ4n) is 3.21. The fourth-order valence-corrected chi connectivity index (χ4v) is 3.21. The number of carbonyl (C=O) groups excluding carboxylic acids is 1. The number of hydrogen-bond acceptors (Lipinski definition) is 2. The molecule has 4 nitrogen and oxygen atoms in total. The maximum Gasteiger partial charge on any atom is 0.391 e. The van der Waals surface area contributed by atoms with Crippen molar-refractivity contribution in [1.82, 2.24) is 10.3 Å². The van der Waals surface area contributed by atoms with Gasteiger partial charge in [-0.05, 0) is 36.8 Å². The molecule has 1 heterocycles. The molecule has 2 aromatic rings. The lowest BCUT2D eigenvalue weighted by atomic mass is 9.85. The summed E-state index contributed by atoms with van der Waals surface area (Å²) in [6.45, 7) is 0. The van der Waals surface area contributed by atoms with E-state index in [9.17, 15) is 22.8 Å². The zero-order valence-corrected chi connectivity index (χ0v) is 12.8. The summed E-state index contributed by atoms with van der Waals surface area (Å²) in [6, 6.07) is 7.82. The number of halogens is 3. The number of alkyl halides is 3. The molecule has 3 rings (SSSR count). The van der Waals surface area contributed by atoms with Gasteiger partial charge in [-0.1, -0.05) is 24.6 Å². The monoisotopic (exact) mass is 338 g/mol. The van der Waals surface area contributed by atoms with Crippen LogP contribution in [-0.4, -0.2) is 23.1 Å². The number of H-pyrrole nitrogens is 1. The van der Waals surface area contributed by atoms with Gasteiger partial charge in [0, 0.05) is 11.4 Å². The molecule has 2 atom stereocenters. The van der Waals surface area contributed by atoms with E-state index in [0.29, 0.717) is 23.6 Å². The number of nitrogens with one attached hydrogen (secondary N) is 2. The second-order valence-corrected chi connectivity index (χ2v) is 6.17. The third-order valence-corrected chi connectivity index (χ3v) is 4.47. The Morgan fingerprint density at radius 2 is 1.96 bits per heavy atom. The highest BCUT2D eigenvalue weighted by atomic mass is 19.4. The Hall–Kier alpha value is -2.31. The number of rotatable bonds is 2. The number of benzene rings is 1. The maximum absolute atomic E-state index is 12.8. The second-order valence-electron chi connectivity index (χ2n) is 6.17. The first-order valence-corrected chi connectivity index (χ1v) is 7.84. The van der Waals surface area contributed by atoms with Crippen molar-refractivity contribution >= 4 is 16.7 Å². The molecule has 1 aromatic carbocycles. The van der Waals surface area contributed by atoms with E-state index < -0.39 is 29.6 Å². The van der Waals surface area contributed by atoms with Crippen molar-refractivity contribution in [2.24, 2.45) is 5.92 Å². The van der Waals surface area contributed by atoms with Crippen LogP contribution in [0.15, 0.2) is 35.1 Å². The first kappa shape index (κ1) is 16.5. The van der Waals surface area contributed by atoms with Crippen LogP contribution in [0.25, 0.3) is 10.8 Å². The van der Waals surface area contributed by atoms with Crippen molar-refractivity contribution < 1.29 is 18.0 Å². The highest BCUT2D eigenvalue weighted by Gasteiger charge is 2.42. The minimum absolute atomic E-state index is 0.0628. The third kappa shape index (κ3) is 3.44. The van der Waals surface area contributed by atoms with Crippen LogP contribution >= 0.6 is 0 Å². The number of aromatic amines is 1. The first-order valence-electron chi connectivity index (χ1n) is 7.84. The smallest absolute Gasteiger partial charge is 0.348 e. The van der Waals surface area contributed by atoms with Crippen molar-refractivity contribution in [1.29, 1.82) is 0 Å². The standard InChI is InChI=1S/C17H17F3N2O2/c18-17(19,20)11-5-3-6-12(9-11)21-16(24)14-8-10-4-1-2-7-13(10)15(23)22-14/h1-2,4,7-8,11-12H,3,5-6,9H2,(H,21,24)(H,22,23)/t11-,12-/m1/s1. The van der Waals surface area contributed by atoms with E-state index in [-0.39, 0.29) is 18.5 Å². The molecule has 1 saturated carbocycles. The molecule has 0 unspecified atom stereocenters. The highest BCUT2D eigenvalue weighted by Crippen LogP contribution is 2.37. The fraction of sp³-hybridized carbons (Fsp3) is 0.412. The van der Waals surface area contributed by atoms with Crippen molar-refractivity contribution in [3.8, 4) is 0 Å². The second kappa shape index (κ2) is 6.30. The minimum Gasteiger partial charge on any atom is -0.348 e. The normalized spacial score (nSPS) is 21.6. The van der Waals surface area contributed by atoms with Crippen molar-refractivity contribution in [2.45, 2.75) is 37.9 Å². The molecule has 0 bridgehead atoms. The maximum atomic E-state index is 12.8. The molecule has 128 valence electrons. The molecule has 1 aliphatic rings. The third-order valence-electron chi connectivity index (χ3n) is 4.47. The Kier molecular flexibility index (Phi) is 4.34. The average Bonchev–Trinajstić information content (AvgIpc) is 2.54. The van der Waals surface area contributed by atoms with Crippen LogP contribution in [0.3, 0.4) is 0 Å². The van der Waals surface area contributed by atoms with Crippen molar-refractivity contribution in [3.05, 3.63) is 46.4 Å². The van der Waals surface area contributed by atoms with Gasteiger partial charge in [0.05, 0.1) is 5.92 Å². The summed E-state index contributed by atoms with van der Waals surface area (Å²) in [6.07, 6.45) is -3.32. The van der Waals surface area contributed by atoms with Crippen LogP contribution in [0, 0.1) is 5.92 Å². The summed E-state index contributed by atoms with van der Waals surface area (Å²) in [7, 11) is 0. The van der Waals surface area contributed by atoms with E-state index in [1.54, 1.807) is 24.3 Å². The van der Waals surface area contributed by atoms with Crippen LogP contribution < -0.4 is 10.9 Å². The minimum atomic E-state index is -4.24. The number of pyridine rings is 1. The predicted molar refractivity (Wildman–Crippen MR) is 83.8 cm³/mol. The Labute approximate surface area is 136 Å². The van der Waals surface area contributed by atoms with Crippen molar-refractivity contribution in [3.63, 3.8) is 0 Å². The van der Waals surface area contributed by atoms with Crippen LogP contribution in [0.4, 0.5) is 13.2 Å². The van der Waals surface area contributed by atoms with Gasteiger partial charge in [0.25, 0.3) is 11.5 Å². The van der Waals surface area contributed by atoms with Crippen LogP contribution in [0.2, 0.25) is 0 Å². The zero-order valence-electron chi connectivity index (χ0n) is 12.8. The number of aromatic nitrogens is 1. The number of amides is 1. The van der Waals surface area contributed by atoms with Gasteiger partial charge in [-0.2, -0.15) is 13.2 Å². The van der Waals surface area contributed by atoms with E-state index in [4.69, 9.17) is 0 Å². The molecule has 0 radical (unpaired) electrons. The average molecular weight is 338 g/mol. The summed E-state index contributed by atoms with van der Waals surface area (Å²) in [5.41, 5.74) is -0.331. The largest absolute Gasteiger partial charge is 0.391 e. The summed E-state index contributed by atoms with van der Waals surface area (Å²) in [5, 5.41) is 3.70. The van der Waals surface area contributed by atoms with Crippen LogP contribution in [0.5, 0.6) is 0 Å². The van der Waals surface area contributed by atoms with E-state index >= 15 is 0 Å². The first-order chi connectivity index (χ1) is 11.3. The van der Waals surface area contributed by atoms with Gasteiger partial charge in [0.1, 0.15) is 5.69 Å². The van der Waals surface area contributed by atoms with Gasteiger partial charge in [0.15, 0.2) is 0 Å². The van der Waals surface area contributed by atoms with Gasteiger partial charge in [0.2, 0.25) is 0 Å². The van der Waals surface area contributed by atoms with Gasteiger partial charge in [-0.15, -0.1) is 0 Å². The lowest BCUT2D eigenvalue weighted by Gasteiger charge is -2.31. The molecule has 1 aliphatic carbocycles. The molecule has 1 amide bonds. The predicted octanol–water partition coefficient (Wildman–Crippen LogP) is 3.38. The number of hydrogen-bond donors (Lipinski definition) is 2. The Morgan fingerprint density at radius 3 is 2.71 bits per heavy atom. The van der Waals surface area contributed by atoms with Gasteiger partial charge in [-0.3, -0.25) is 9.59 Å². The quantitative estimate of drug-likeness (QED) is 0.882. The van der Waals surface area contributed by atoms with E-state index in [2.05, 4.69) is 10.3 Å².